The smallest absolute Gasteiger partial charge is 0.0603 e. The lowest BCUT2D eigenvalue weighted by Gasteiger charge is -2.40. The summed E-state index contributed by atoms with van der Waals surface area (Å²) in [5.41, 5.74) is 0. The lowest BCUT2D eigenvalue weighted by atomic mass is 9.77. The number of rotatable bonds is 0. The summed E-state index contributed by atoms with van der Waals surface area (Å²) in [5, 5.41) is 0. The molecular weight excluding hydrogens is 100 g/mol. The second-order valence-corrected chi connectivity index (χ2v) is 2.89. The maximum Gasteiger partial charge on any atom is 0.0603 e. The molecule has 0 aromatic heterocycles. The van der Waals surface area contributed by atoms with Gasteiger partial charge in [-0.05, 0) is 31.6 Å². The van der Waals surface area contributed by atoms with E-state index in [2.05, 4.69) is 0 Å². The molecule has 1 saturated carbocycles. The molecule has 0 bridgehead atoms. The van der Waals surface area contributed by atoms with Crippen LogP contribution in [0.15, 0.2) is 0 Å². The minimum Gasteiger partial charge on any atom is -0.378 e. The molecule has 0 amide bonds. The molecule has 1 saturated heterocycles. The Morgan fingerprint density at radius 1 is 1.12 bits per heavy atom. The summed E-state index contributed by atoms with van der Waals surface area (Å²) < 4.78 is 5.48. The average molecular weight is 112 g/mol. The first-order chi connectivity index (χ1) is 3.97. The maximum atomic E-state index is 5.48. The Balaban J connectivity index is 1.92. The van der Waals surface area contributed by atoms with Crippen LogP contribution in [0.2, 0.25) is 0 Å². The molecule has 1 heterocycles. The van der Waals surface area contributed by atoms with Gasteiger partial charge in [-0.2, -0.15) is 0 Å². The predicted molar refractivity (Wildman–Crippen MR) is 31.7 cm³/mol. The summed E-state index contributed by atoms with van der Waals surface area (Å²) in [6.07, 6.45) is 6.20. The topological polar surface area (TPSA) is 9.23 Å². The second-order valence-electron chi connectivity index (χ2n) is 2.89. The van der Waals surface area contributed by atoms with Crippen molar-refractivity contribution in [2.45, 2.75) is 31.8 Å². The summed E-state index contributed by atoms with van der Waals surface area (Å²) in [5.74, 6) is 0.962. The zero-order valence-electron chi connectivity index (χ0n) is 5.10. The van der Waals surface area contributed by atoms with Crippen LogP contribution in [0.5, 0.6) is 0 Å². The van der Waals surface area contributed by atoms with E-state index in [0.717, 1.165) is 12.5 Å². The average Bonchev–Trinajstić information content (AvgIpc) is 1.72. The third kappa shape index (κ3) is 0.576. The molecule has 1 unspecified atom stereocenters. The molecule has 2 aliphatic rings. The second kappa shape index (κ2) is 1.73. The van der Waals surface area contributed by atoms with Crippen LogP contribution in [-0.2, 0) is 4.74 Å². The third-order valence-electron chi connectivity index (χ3n) is 2.40. The highest BCUT2D eigenvalue weighted by Crippen LogP contribution is 2.36. The lowest BCUT2D eigenvalue weighted by molar-refractivity contribution is -0.0821. The molecule has 46 valence electrons. The fraction of sp³-hybridized carbons (Fsp3) is 1.00. The Morgan fingerprint density at radius 2 is 2.12 bits per heavy atom. The SMILES string of the molecule is C1COC2CC[C@@H]2C1. The van der Waals surface area contributed by atoms with E-state index in [4.69, 9.17) is 4.74 Å². The molecule has 0 radical (unpaired) electrons. The van der Waals surface area contributed by atoms with Gasteiger partial charge < -0.3 is 4.74 Å². The standard InChI is InChI=1S/C7H12O/c1-2-6-3-4-7(6)8-5-1/h6-7H,1-5H2/t6-,7?/m0/s1. The van der Waals surface area contributed by atoms with E-state index in [-0.39, 0.29) is 0 Å². The van der Waals surface area contributed by atoms with Crippen LogP contribution >= 0.6 is 0 Å². The van der Waals surface area contributed by atoms with Crippen molar-refractivity contribution in [3.05, 3.63) is 0 Å². The van der Waals surface area contributed by atoms with Gasteiger partial charge in [0, 0.05) is 6.61 Å². The first-order valence-corrected chi connectivity index (χ1v) is 3.58. The minimum atomic E-state index is 0.684. The largest absolute Gasteiger partial charge is 0.378 e. The number of hydrogen-bond donors (Lipinski definition) is 0. The maximum absolute atomic E-state index is 5.48. The first kappa shape index (κ1) is 4.80. The Bertz CT molecular complexity index is 78.4. The van der Waals surface area contributed by atoms with E-state index < -0.39 is 0 Å². The Kier molecular flexibility index (Phi) is 1.04. The van der Waals surface area contributed by atoms with Crippen molar-refractivity contribution < 1.29 is 4.74 Å². The number of ether oxygens (including phenoxy) is 1. The van der Waals surface area contributed by atoms with Gasteiger partial charge >= 0.3 is 0 Å². The van der Waals surface area contributed by atoms with E-state index in [1.165, 1.54) is 25.7 Å². The third-order valence-corrected chi connectivity index (χ3v) is 2.40. The molecule has 1 aliphatic carbocycles. The van der Waals surface area contributed by atoms with E-state index in [0.29, 0.717) is 6.10 Å². The molecule has 2 rings (SSSR count). The van der Waals surface area contributed by atoms with Gasteiger partial charge in [0.05, 0.1) is 6.10 Å². The van der Waals surface area contributed by atoms with E-state index in [1.54, 1.807) is 0 Å². The van der Waals surface area contributed by atoms with Gasteiger partial charge in [0.1, 0.15) is 0 Å². The van der Waals surface area contributed by atoms with Crippen molar-refractivity contribution in [1.29, 1.82) is 0 Å². The van der Waals surface area contributed by atoms with Crippen LogP contribution in [0.25, 0.3) is 0 Å². The van der Waals surface area contributed by atoms with Gasteiger partial charge in [-0.3, -0.25) is 0 Å². The van der Waals surface area contributed by atoms with Crippen LogP contribution in [0.3, 0.4) is 0 Å². The molecule has 1 aliphatic heterocycles. The quantitative estimate of drug-likeness (QED) is 0.462. The van der Waals surface area contributed by atoms with Crippen molar-refractivity contribution in [3.63, 3.8) is 0 Å². The normalized spacial score (nSPS) is 45.0. The molecule has 2 atom stereocenters. The monoisotopic (exact) mass is 112 g/mol. The van der Waals surface area contributed by atoms with E-state index >= 15 is 0 Å². The van der Waals surface area contributed by atoms with Crippen molar-refractivity contribution in [2.24, 2.45) is 5.92 Å². The lowest BCUT2D eigenvalue weighted by Crippen LogP contribution is -2.37. The van der Waals surface area contributed by atoms with Crippen LogP contribution < -0.4 is 0 Å². The van der Waals surface area contributed by atoms with Crippen molar-refractivity contribution in [1.82, 2.24) is 0 Å². The van der Waals surface area contributed by atoms with Crippen LogP contribution in [0, 0.1) is 5.92 Å². The van der Waals surface area contributed by atoms with E-state index in [1.807, 2.05) is 0 Å². The summed E-state index contributed by atoms with van der Waals surface area (Å²) in [6, 6.07) is 0. The molecule has 2 fully saturated rings. The summed E-state index contributed by atoms with van der Waals surface area (Å²) in [6.45, 7) is 1.03. The van der Waals surface area contributed by atoms with Crippen molar-refractivity contribution in [2.75, 3.05) is 6.61 Å². The zero-order chi connectivity index (χ0) is 5.40. The first-order valence-electron chi connectivity index (χ1n) is 3.58. The summed E-state index contributed by atoms with van der Waals surface area (Å²) in [4.78, 5) is 0. The molecule has 0 N–H and O–H groups in total. The van der Waals surface area contributed by atoms with E-state index in [9.17, 15) is 0 Å². The molecule has 1 heteroatoms. The molecular formula is C7H12O. The Labute approximate surface area is 50.0 Å². The molecule has 1 nitrogen and oxygen atoms in total. The van der Waals surface area contributed by atoms with Crippen molar-refractivity contribution >= 4 is 0 Å². The minimum absolute atomic E-state index is 0.684. The van der Waals surface area contributed by atoms with Gasteiger partial charge in [-0.15, -0.1) is 0 Å². The Morgan fingerprint density at radius 3 is 2.50 bits per heavy atom. The Hall–Kier alpha value is -0.0400. The van der Waals surface area contributed by atoms with Gasteiger partial charge in [0.25, 0.3) is 0 Å². The number of hydrogen-bond acceptors (Lipinski definition) is 1. The molecule has 0 spiro atoms. The van der Waals surface area contributed by atoms with Gasteiger partial charge in [-0.1, -0.05) is 0 Å². The fourth-order valence-corrected chi connectivity index (χ4v) is 1.67. The highest BCUT2D eigenvalue weighted by molar-refractivity contribution is 4.83. The van der Waals surface area contributed by atoms with Crippen LogP contribution in [-0.4, -0.2) is 12.7 Å². The number of fused-ring (bicyclic) bond motifs is 1. The van der Waals surface area contributed by atoms with Crippen LogP contribution in [0.1, 0.15) is 25.7 Å². The summed E-state index contributed by atoms with van der Waals surface area (Å²) >= 11 is 0. The summed E-state index contributed by atoms with van der Waals surface area (Å²) in [7, 11) is 0. The van der Waals surface area contributed by atoms with Crippen LogP contribution in [0.4, 0.5) is 0 Å². The highest BCUT2D eigenvalue weighted by atomic mass is 16.5. The molecule has 0 aromatic carbocycles. The van der Waals surface area contributed by atoms with Gasteiger partial charge in [0.2, 0.25) is 0 Å². The van der Waals surface area contributed by atoms with Crippen molar-refractivity contribution in [3.8, 4) is 0 Å². The van der Waals surface area contributed by atoms with Gasteiger partial charge in [0.15, 0.2) is 0 Å². The van der Waals surface area contributed by atoms with Gasteiger partial charge in [-0.25, -0.2) is 0 Å². The zero-order valence-corrected chi connectivity index (χ0v) is 5.10. The molecule has 8 heavy (non-hydrogen) atoms. The highest BCUT2D eigenvalue weighted by Gasteiger charge is 2.33. The predicted octanol–water partition coefficient (Wildman–Crippen LogP) is 1.58. The fourth-order valence-electron chi connectivity index (χ4n) is 1.67. The molecule has 0 aromatic rings.